The second-order valence-corrected chi connectivity index (χ2v) is 7.21. The fourth-order valence-corrected chi connectivity index (χ4v) is 3.50. The van der Waals surface area contributed by atoms with Gasteiger partial charge in [0.25, 0.3) is 0 Å². The van der Waals surface area contributed by atoms with E-state index in [1.165, 1.54) is 42.5 Å². The number of rotatable bonds is 5. The smallest absolute Gasteiger partial charge is 0.352 e. The first-order chi connectivity index (χ1) is 14.7. The Labute approximate surface area is 176 Å². The Morgan fingerprint density at radius 1 is 1.00 bits per heavy atom. The fraction of sp³-hybridized carbons (Fsp3) is 0.0833. The van der Waals surface area contributed by atoms with Crippen molar-refractivity contribution in [1.82, 2.24) is 4.98 Å². The summed E-state index contributed by atoms with van der Waals surface area (Å²) in [4.78, 5) is 26.9. The van der Waals surface area contributed by atoms with Gasteiger partial charge >= 0.3 is 5.97 Å². The maximum atomic E-state index is 13.2. The van der Waals surface area contributed by atoms with E-state index in [2.05, 4.69) is 4.98 Å². The highest BCUT2D eigenvalue weighted by Crippen LogP contribution is 2.36. The van der Waals surface area contributed by atoms with E-state index in [1.807, 2.05) is 13.8 Å². The molecule has 31 heavy (non-hydrogen) atoms. The van der Waals surface area contributed by atoms with Gasteiger partial charge in [0.15, 0.2) is 5.78 Å². The van der Waals surface area contributed by atoms with Gasteiger partial charge < -0.3 is 19.9 Å². The molecule has 0 aliphatic carbocycles. The van der Waals surface area contributed by atoms with Crippen LogP contribution in [0.15, 0.2) is 54.6 Å². The molecule has 0 saturated carbocycles. The first-order valence-corrected chi connectivity index (χ1v) is 9.42. The third-order valence-electron chi connectivity index (χ3n) is 5.08. The number of H-pyrrole nitrogens is 1. The number of carboxylic acid groups (broad SMARTS) is 1. The molecular formula is C24H18FNO5. The highest BCUT2D eigenvalue weighted by atomic mass is 19.1. The number of carbonyl (C=O) groups is 2. The number of benzene rings is 3. The number of phenols is 1. The summed E-state index contributed by atoms with van der Waals surface area (Å²) in [5, 5.41) is 20.1. The van der Waals surface area contributed by atoms with Crippen molar-refractivity contribution in [2.75, 3.05) is 0 Å². The second kappa shape index (κ2) is 7.60. The van der Waals surface area contributed by atoms with Gasteiger partial charge in [-0.05, 0) is 74.0 Å². The minimum absolute atomic E-state index is 0.0234. The minimum Gasteiger partial charge on any atom is -0.507 e. The van der Waals surface area contributed by atoms with Gasteiger partial charge in [0, 0.05) is 22.0 Å². The van der Waals surface area contributed by atoms with Gasteiger partial charge in [0.2, 0.25) is 0 Å². The van der Waals surface area contributed by atoms with Gasteiger partial charge in [0.1, 0.15) is 28.8 Å². The molecule has 0 aliphatic heterocycles. The van der Waals surface area contributed by atoms with Crippen LogP contribution < -0.4 is 4.74 Å². The van der Waals surface area contributed by atoms with Crippen LogP contribution in [0, 0.1) is 19.7 Å². The molecule has 0 amide bonds. The molecule has 0 saturated heterocycles. The van der Waals surface area contributed by atoms with E-state index in [0.29, 0.717) is 22.4 Å². The highest BCUT2D eigenvalue weighted by Gasteiger charge is 2.18. The Hall–Kier alpha value is -4.13. The Balaban J connectivity index is 1.72. The van der Waals surface area contributed by atoms with Crippen molar-refractivity contribution in [3.8, 4) is 17.2 Å². The van der Waals surface area contributed by atoms with Crippen molar-refractivity contribution in [1.29, 1.82) is 0 Å². The molecule has 0 aliphatic rings. The topological polar surface area (TPSA) is 99.6 Å². The lowest BCUT2D eigenvalue weighted by Gasteiger charge is -2.14. The summed E-state index contributed by atoms with van der Waals surface area (Å²) >= 11 is 0. The molecule has 0 unspecified atom stereocenters. The molecule has 4 aromatic rings. The van der Waals surface area contributed by atoms with Crippen molar-refractivity contribution >= 4 is 22.7 Å². The van der Waals surface area contributed by atoms with Gasteiger partial charge in [-0.3, -0.25) is 4.79 Å². The molecule has 1 heterocycles. The largest absolute Gasteiger partial charge is 0.507 e. The summed E-state index contributed by atoms with van der Waals surface area (Å²) in [6.45, 7) is 3.64. The summed E-state index contributed by atoms with van der Waals surface area (Å²) < 4.78 is 19.2. The second-order valence-electron chi connectivity index (χ2n) is 7.21. The maximum Gasteiger partial charge on any atom is 0.352 e. The number of aryl methyl sites for hydroxylation is 2. The van der Waals surface area contributed by atoms with E-state index in [1.54, 1.807) is 12.1 Å². The number of aromatic hydroxyl groups is 1. The monoisotopic (exact) mass is 419 g/mol. The molecule has 0 radical (unpaired) electrons. The zero-order valence-electron chi connectivity index (χ0n) is 16.7. The van der Waals surface area contributed by atoms with Crippen LogP contribution in [0.2, 0.25) is 0 Å². The number of ether oxygens (including phenoxy) is 1. The average molecular weight is 419 g/mol. The standard InChI is InChI=1S/C24H18FNO5/c1-12-9-19-17(11-20(26-19)24(29)30)13(2)23(12)31-16-7-8-21(27)18(10-16)22(28)14-3-5-15(25)6-4-14/h3-11,26-27H,1-2H3,(H,29,30). The molecule has 4 rings (SSSR count). The van der Waals surface area contributed by atoms with Gasteiger partial charge in [-0.15, -0.1) is 0 Å². The number of hydrogen-bond donors (Lipinski definition) is 3. The van der Waals surface area contributed by atoms with Gasteiger partial charge in [0.05, 0.1) is 5.56 Å². The highest BCUT2D eigenvalue weighted by molar-refractivity contribution is 6.10. The van der Waals surface area contributed by atoms with Crippen molar-refractivity contribution in [2.24, 2.45) is 0 Å². The number of hydrogen-bond acceptors (Lipinski definition) is 4. The Morgan fingerprint density at radius 3 is 2.39 bits per heavy atom. The molecule has 3 N–H and O–H groups in total. The number of aromatic nitrogens is 1. The van der Waals surface area contributed by atoms with E-state index in [0.717, 1.165) is 11.1 Å². The Morgan fingerprint density at radius 2 is 1.71 bits per heavy atom. The SMILES string of the molecule is Cc1cc2[nH]c(C(=O)O)cc2c(C)c1Oc1ccc(O)c(C(=O)c2ccc(F)cc2)c1. The van der Waals surface area contributed by atoms with Crippen LogP contribution in [0.3, 0.4) is 0 Å². The van der Waals surface area contributed by atoms with Crippen molar-refractivity contribution in [2.45, 2.75) is 13.8 Å². The van der Waals surface area contributed by atoms with Crippen molar-refractivity contribution in [3.63, 3.8) is 0 Å². The predicted molar refractivity (Wildman–Crippen MR) is 113 cm³/mol. The molecule has 7 heteroatoms. The zero-order valence-corrected chi connectivity index (χ0v) is 16.7. The number of carbonyl (C=O) groups excluding carboxylic acids is 1. The van der Waals surface area contributed by atoms with Gasteiger partial charge in [-0.2, -0.15) is 0 Å². The molecule has 0 fully saturated rings. The van der Waals surface area contributed by atoms with Crippen LogP contribution >= 0.6 is 0 Å². The van der Waals surface area contributed by atoms with Crippen LogP contribution in [0.1, 0.15) is 37.5 Å². The minimum atomic E-state index is -1.06. The number of ketones is 1. The van der Waals surface area contributed by atoms with Crippen molar-refractivity contribution < 1.29 is 28.9 Å². The number of aromatic carboxylic acids is 1. The molecule has 1 aromatic heterocycles. The summed E-state index contributed by atoms with van der Waals surface area (Å²) in [7, 11) is 0. The molecular weight excluding hydrogens is 401 g/mol. The summed E-state index contributed by atoms with van der Waals surface area (Å²) in [6.07, 6.45) is 0. The maximum absolute atomic E-state index is 13.2. The first-order valence-electron chi connectivity index (χ1n) is 9.42. The van der Waals surface area contributed by atoms with Gasteiger partial charge in [-0.25, -0.2) is 9.18 Å². The van der Waals surface area contributed by atoms with E-state index < -0.39 is 17.6 Å². The van der Waals surface area contributed by atoms with Crippen LogP contribution in [0.25, 0.3) is 10.9 Å². The predicted octanol–water partition coefficient (Wildman–Crippen LogP) is 5.35. The van der Waals surface area contributed by atoms with E-state index in [-0.39, 0.29) is 22.6 Å². The van der Waals surface area contributed by atoms with E-state index in [9.17, 15) is 24.2 Å². The number of phenolic OH excluding ortho intramolecular Hbond substituents is 1. The summed E-state index contributed by atoms with van der Waals surface area (Å²) in [5.74, 6) is -1.36. The average Bonchev–Trinajstić information content (AvgIpc) is 3.17. The number of halogens is 1. The lowest BCUT2D eigenvalue weighted by Crippen LogP contribution is -2.02. The number of fused-ring (bicyclic) bond motifs is 1. The van der Waals surface area contributed by atoms with E-state index >= 15 is 0 Å². The number of aromatic amines is 1. The molecule has 0 spiro atoms. The summed E-state index contributed by atoms with van der Waals surface area (Å²) in [5.41, 5.74) is 2.51. The van der Waals surface area contributed by atoms with E-state index in [4.69, 9.17) is 4.74 Å². The zero-order chi connectivity index (χ0) is 22.3. The van der Waals surface area contributed by atoms with Crippen LogP contribution in [0.4, 0.5) is 4.39 Å². The number of carboxylic acids is 1. The molecule has 156 valence electrons. The van der Waals surface area contributed by atoms with Crippen LogP contribution in [0.5, 0.6) is 17.2 Å². The third kappa shape index (κ3) is 3.73. The van der Waals surface area contributed by atoms with Crippen LogP contribution in [-0.4, -0.2) is 26.9 Å². The molecule has 0 atom stereocenters. The van der Waals surface area contributed by atoms with Crippen molar-refractivity contribution in [3.05, 3.63) is 88.4 Å². The van der Waals surface area contributed by atoms with Gasteiger partial charge in [-0.1, -0.05) is 0 Å². The Bertz CT molecular complexity index is 1340. The van der Waals surface area contributed by atoms with Crippen LogP contribution in [-0.2, 0) is 0 Å². The molecule has 3 aromatic carbocycles. The fourth-order valence-electron chi connectivity index (χ4n) is 3.50. The third-order valence-corrected chi connectivity index (χ3v) is 5.08. The Kier molecular flexibility index (Phi) is 4.94. The number of nitrogens with one attached hydrogen (secondary N) is 1. The molecule has 6 nitrogen and oxygen atoms in total. The molecule has 0 bridgehead atoms. The lowest BCUT2D eigenvalue weighted by atomic mass is 10.0. The quantitative estimate of drug-likeness (QED) is 0.379. The summed E-state index contributed by atoms with van der Waals surface area (Å²) in [6, 6.07) is 12.7. The normalized spacial score (nSPS) is 10.9. The first kappa shape index (κ1) is 20.2. The lowest BCUT2D eigenvalue weighted by molar-refractivity contribution is 0.0691.